The summed E-state index contributed by atoms with van der Waals surface area (Å²) in [5.74, 6) is 0.392. The molecule has 4 aromatic heterocycles. The van der Waals surface area contributed by atoms with Crippen LogP contribution in [0.15, 0.2) is 60.9 Å². The minimum Gasteiger partial charge on any atom is -0.306 e. The predicted octanol–water partition coefficient (Wildman–Crippen LogP) is 7.04. The molecule has 0 bridgehead atoms. The highest BCUT2D eigenvalue weighted by molar-refractivity contribution is 5.41. The molecule has 4 rings (SSSR count). The maximum absolute atomic E-state index is 13.6. The standard InChI is InChI=1S/C25H22F6N4/c1-15-11-13-34(16(15)2)20-9-5-7-18(32-20)23(3,4)19-8-6-10-21(33-19)35-14-12-17(24(26,27)28)22(35)25(29,30)31/h5-14H,1-4H3. The van der Waals surface area contributed by atoms with E-state index in [0.29, 0.717) is 27.8 Å². The second kappa shape index (κ2) is 8.28. The molecule has 0 N–H and O–H groups in total. The van der Waals surface area contributed by atoms with E-state index in [4.69, 9.17) is 4.98 Å². The van der Waals surface area contributed by atoms with Gasteiger partial charge in [-0.2, -0.15) is 26.3 Å². The summed E-state index contributed by atoms with van der Waals surface area (Å²) in [7, 11) is 0. The number of hydrogen-bond donors (Lipinski definition) is 0. The minimum atomic E-state index is -5.23. The third-order valence-electron chi connectivity index (χ3n) is 6.11. The highest BCUT2D eigenvalue weighted by Gasteiger charge is 2.46. The average Bonchev–Trinajstić information content (AvgIpc) is 3.38. The van der Waals surface area contributed by atoms with Crippen LogP contribution in [0.2, 0.25) is 0 Å². The first-order valence-electron chi connectivity index (χ1n) is 10.7. The van der Waals surface area contributed by atoms with Crippen molar-refractivity contribution in [2.45, 2.75) is 45.5 Å². The summed E-state index contributed by atoms with van der Waals surface area (Å²) in [6.07, 6.45) is -7.76. The molecule has 0 atom stereocenters. The van der Waals surface area contributed by atoms with E-state index < -0.39 is 29.0 Å². The largest absolute Gasteiger partial charge is 0.432 e. The molecule has 0 unspecified atom stereocenters. The lowest BCUT2D eigenvalue weighted by molar-refractivity contribution is -0.164. The van der Waals surface area contributed by atoms with Gasteiger partial charge in [-0.1, -0.05) is 12.1 Å². The molecule has 10 heteroatoms. The van der Waals surface area contributed by atoms with E-state index in [1.807, 2.05) is 42.8 Å². The van der Waals surface area contributed by atoms with Gasteiger partial charge in [0, 0.05) is 23.5 Å². The summed E-state index contributed by atoms with van der Waals surface area (Å²) in [4.78, 5) is 9.08. The monoisotopic (exact) mass is 492 g/mol. The Bertz CT molecular complexity index is 1380. The van der Waals surface area contributed by atoms with Gasteiger partial charge in [-0.15, -0.1) is 0 Å². The highest BCUT2D eigenvalue weighted by atomic mass is 19.4. The van der Waals surface area contributed by atoms with Crippen molar-refractivity contribution < 1.29 is 26.3 Å². The van der Waals surface area contributed by atoms with Crippen molar-refractivity contribution in [1.82, 2.24) is 19.1 Å². The van der Waals surface area contributed by atoms with E-state index in [1.54, 1.807) is 26.0 Å². The van der Waals surface area contributed by atoms with Crippen LogP contribution in [0.5, 0.6) is 0 Å². The summed E-state index contributed by atoms with van der Waals surface area (Å²) in [6, 6.07) is 12.1. The fourth-order valence-electron chi connectivity index (χ4n) is 3.94. The van der Waals surface area contributed by atoms with Crippen LogP contribution >= 0.6 is 0 Å². The van der Waals surface area contributed by atoms with E-state index in [9.17, 15) is 26.3 Å². The maximum Gasteiger partial charge on any atom is 0.432 e. The van der Waals surface area contributed by atoms with Gasteiger partial charge in [-0.3, -0.25) is 4.57 Å². The van der Waals surface area contributed by atoms with Crippen molar-refractivity contribution in [2.75, 3.05) is 0 Å². The Morgan fingerprint density at radius 1 is 0.657 bits per heavy atom. The van der Waals surface area contributed by atoms with Crippen molar-refractivity contribution in [1.29, 1.82) is 0 Å². The maximum atomic E-state index is 13.6. The van der Waals surface area contributed by atoms with Crippen LogP contribution in [0.4, 0.5) is 26.3 Å². The Labute approximate surface area is 197 Å². The van der Waals surface area contributed by atoms with Crippen LogP contribution in [0, 0.1) is 13.8 Å². The van der Waals surface area contributed by atoms with Gasteiger partial charge in [0.1, 0.15) is 17.3 Å². The summed E-state index contributed by atoms with van der Waals surface area (Å²) in [5.41, 5.74) is -1.37. The Hall–Kier alpha value is -3.56. The van der Waals surface area contributed by atoms with Crippen molar-refractivity contribution in [2.24, 2.45) is 0 Å². The lowest BCUT2D eigenvalue weighted by Gasteiger charge is -2.25. The zero-order chi connectivity index (χ0) is 25.8. The Morgan fingerprint density at radius 2 is 1.17 bits per heavy atom. The van der Waals surface area contributed by atoms with Crippen LogP contribution in [0.25, 0.3) is 11.6 Å². The van der Waals surface area contributed by atoms with Crippen molar-refractivity contribution in [3.63, 3.8) is 0 Å². The number of halogens is 6. The molecular formula is C25H22F6N4. The van der Waals surface area contributed by atoms with Gasteiger partial charge >= 0.3 is 12.4 Å². The number of hydrogen-bond acceptors (Lipinski definition) is 2. The third kappa shape index (κ3) is 4.44. The SMILES string of the molecule is Cc1ccn(-c2cccc(C(C)(C)c3cccc(-n4ccc(C(F)(F)F)c4C(F)(F)F)n3)n2)c1C. The highest BCUT2D eigenvalue weighted by Crippen LogP contribution is 2.42. The van der Waals surface area contributed by atoms with Gasteiger partial charge in [-0.25, -0.2) is 9.97 Å². The lowest BCUT2D eigenvalue weighted by atomic mass is 9.84. The molecule has 4 aromatic rings. The topological polar surface area (TPSA) is 35.6 Å². The molecule has 0 aliphatic carbocycles. The van der Waals surface area contributed by atoms with E-state index in [2.05, 4.69) is 4.98 Å². The van der Waals surface area contributed by atoms with Gasteiger partial charge < -0.3 is 4.57 Å². The van der Waals surface area contributed by atoms with Crippen molar-refractivity contribution >= 4 is 0 Å². The first-order chi connectivity index (χ1) is 16.2. The Morgan fingerprint density at radius 3 is 1.63 bits per heavy atom. The summed E-state index contributed by atoms with van der Waals surface area (Å²) in [6.45, 7) is 7.56. The van der Waals surface area contributed by atoms with Crippen LogP contribution in [0.1, 0.15) is 47.8 Å². The predicted molar refractivity (Wildman–Crippen MR) is 119 cm³/mol. The fraction of sp³-hybridized carbons (Fsp3) is 0.280. The number of pyridine rings is 2. The minimum absolute atomic E-state index is 0.272. The second-order valence-electron chi connectivity index (χ2n) is 8.78. The van der Waals surface area contributed by atoms with Gasteiger partial charge in [0.25, 0.3) is 0 Å². The van der Waals surface area contributed by atoms with Gasteiger partial charge in [0.15, 0.2) is 0 Å². The van der Waals surface area contributed by atoms with Crippen LogP contribution in [0.3, 0.4) is 0 Å². The molecule has 35 heavy (non-hydrogen) atoms. The van der Waals surface area contributed by atoms with Gasteiger partial charge in [-0.05, 0) is 69.7 Å². The summed E-state index contributed by atoms with van der Waals surface area (Å²) in [5, 5.41) is 0. The van der Waals surface area contributed by atoms with E-state index in [-0.39, 0.29) is 5.82 Å². The smallest absolute Gasteiger partial charge is 0.306 e. The van der Waals surface area contributed by atoms with Crippen molar-refractivity contribution in [3.8, 4) is 11.6 Å². The molecule has 0 amide bonds. The summed E-state index contributed by atoms with van der Waals surface area (Å²) >= 11 is 0. The third-order valence-corrected chi connectivity index (χ3v) is 6.11. The zero-order valence-electron chi connectivity index (χ0n) is 19.3. The van der Waals surface area contributed by atoms with Gasteiger partial charge in [0.05, 0.1) is 17.0 Å². The first-order valence-corrected chi connectivity index (χ1v) is 10.7. The lowest BCUT2D eigenvalue weighted by Crippen LogP contribution is -2.24. The Kier molecular flexibility index (Phi) is 5.81. The normalized spacial score (nSPS) is 12.9. The van der Waals surface area contributed by atoms with Crippen LogP contribution in [-0.4, -0.2) is 19.1 Å². The molecule has 4 heterocycles. The average molecular weight is 492 g/mol. The molecule has 0 spiro atoms. The molecule has 0 aliphatic rings. The number of nitrogens with zero attached hydrogens (tertiary/aromatic N) is 4. The molecular weight excluding hydrogens is 470 g/mol. The van der Waals surface area contributed by atoms with Crippen LogP contribution in [-0.2, 0) is 17.8 Å². The summed E-state index contributed by atoms with van der Waals surface area (Å²) < 4.78 is 83.0. The van der Waals surface area contributed by atoms with E-state index in [1.165, 1.54) is 12.1 Å². The first kappa shape index (κ1) is 24.6. The van der Waals surface area contributed by atoms with E-state index in [0.717, 1.165) is 17.5 Å². The Balaban J connectivity index is 1.80. The zero-order valence-corrected chi connectivity index (χ0v) is 19.3. The molecule has 184 valence electrons. The molecule has 0 saturated heterocycles. The number of rotatable bonds is 4. The fourth-order valence-corrected chi connectivity index (χ4v) is 3.94. The van der Waals surface area contributed by atoms with E-state index >= 15 is 0 Å². The number of alkyl halides is 6. The number of aryl methyl sites for hydroxylation is 1. The van der Waals surface area contributed by atoms with Crippen LogP contribution < -0.4 is 0 Å². The number of aromatic nitrogens is 4. The molecule has 4 nitrogen and oxygen atoms in total. The quantitative estimate of drug-likeness (QED) is 0.287. The molecule has 0 radical (unpaired) electrons. The molecule has 0 aromatic carbocycles. The molecule has 0 saturated carbocycles. The van der Waals surface area contributed by atoms with Gasteiger partial charge in [0.2, 0.25) is 0 Å². The molecule has 0 aliphatic heterocycles. The van der Waals surface area contributed by atoms with Crippen molar-refractivity contribution in [3.05, 3.63) is 94.8 Å². The molecule has 0 fully saturated rings. The second-order valence-corrected chi connectivity index (χ2v) is 8.78.